The smallest absolute Gasteiger partial charge is 0.146 e. The number of aryl methyl sites for hydroxylation is 1. The van der Waals surface area contributed by atoms with E-state index < -0.39 is 0 Å². The minimum Gasteiger partial charge on any atom is -0.372 e. The third kappa shape index (κ3) is 3.07. The molecule has 1 unspecified atom stereocenters. The maximum Gasteiger partial charge on any atom is 0.146 e. The minimum atomic E-state index is -0.200. The zero-order valence-electron chi connectivity index (χ0n) is 11.5. The molecule has 2 N–H and O–H groups in total. The predicted molar refractivity (Wildman–Crippen MR) is 82.5 cm³/mol. The summed E-state index contributed by atoms with van der Waals surface area (Å²) in [6.07, 6.45) is 1.47. The average Bonchev–Trinajstić information content (AvgIpc) is 2.44. The molecule has 0 saturated carbocycles. The number of rotatable bonds is 4. The van der Waals surface area contributed by atoms with Gasteiger partial charge in [0.1, 0.15) is 28.3 Å². The Hall–Kier alpha value is -1.69. The van der Waals surface area contributed by atoms with Crippen LogP contribution in [-0.4, -0.2) is 17.0 Å². The van der Waals surface area contributed by atoms with Gasteiger partial charge in [-0.05, 0) is 47.0 Å². The van der Waals surface area contributed by atoms with E-state index in [0.717, 1.165) is 10.0 Å². The number of aromatic nitrogens is 2. The summed E-state index contributed by atoms with van der Waals surface area (Å²) in [4.78, 5) is 8.28. The summed E-state index contributed by atoms with van der Waals surface area (Å²) in [7, 11) is 1.79. The molecular weight excluding hydrogens is 323 g/mol. The highest BCUT2D eigenvalue weighted by Crippen LogP contribution is 2.29. The Balaban J connectivity index is 2.23. The Morgan fingerprint density at radius 1 is 1.25 bits per heavy atom. The van der Waals surface area contributed by atoms with Crippen LogP contribution in [0.2, 0.25) is 0 Å². The lowest BCUT2D eigenvalue weighted by Gasteiger charge is -2.17. The van der Waals surface area contributed by atoms with Gasteiger partial charge in [0, 0.05) is 7.05 Å². The molecular formula is C14H16BrFN4. The van der Waals surface area contributed by atoms with E-state index in [1.807, 2.05) is 13.0 Å². The molecule has 0 saturated heterocycles. The maximum atomic E-state index is 13.6. The third-order valence-electron chi connectivity index (χ3n) is 3.08. The molecule has 0 amide bonds. The molecule has 0 fully saturated rings. The quantitative estimate of drug-likeness (QED) is 0.887. The highest BCUT2D eigenvalue weighted by Gasteiger charge is 2.12. The summed E-state index contributed by atoms with van der Waals surface area (Å²) in [5.41, 5.74) is 1.51. The molecule has 0 aliphatic carbocycles. The number of hydrogen-bond donors (Lipinski definition) is 2. The monoisotopic (exact) mass is 338 g/mol. The van der Waals surface area contributed by atoms with Gasteiger partial charge >= 0.3 is 0 Å². The molecule has 1 aromatic heterocycles. The maximum absolute atomic E-state index is 13.6. The van der Waals surface area contributed by atoms with Crippen molar-refractivity contribution < 1.29 is 4.39 Å². The molecule has 0 radical (unpaired) electrons. The van der Waals surface area contributed by atoms with Crippen LogP contribution in [0, 0.1) is 12.7 Å². The first-order chi connectivity index (χ1) is 9.52. The molecule has 0 bridgehead atoms. The van der Waals surface area contributed by atoms with E-state index in [2.05, 4.69) is 36.5 Å². The van der Waals surface area contributed by atoms with Crippen LogP contribution in [0.1, 0.15) is 24.1 Å². The van der Waals surface area contributed by atoms with Crippen molar-refractivity contribution in [2.75, 3.05) is 17.7 Å². The predicted octanol–water partition coefficient (Wildman–Crippen LogP) is 3.90. The summed E-state index contributed by atoms with van der Waals surface area (Å²) < 4.78 is 14.4. The van der Waals surface area contributed by atoms with Crippen molar-refractivity contribution in [2.45, 2.75) is 19.9 Å². The summed E-state index contributed by atoms with van der Waals surface area (Å²) in [6, 6.07) is 5.16. The van der Waals surface area contributed by atoms with Crippen molar-refractivity contribution in [1.29, 1.82) is 0 Å². The fourth-order valence-corrected chi connectivity index (χ4v) is 2.33. The van der Waals surface area contributed by atoms with Crippen LogP contribution in [0.3, 0.4) is 0 Å². The Morgan fingerprint density at radius 2 is 1.95 bits per heavy atom. The van der Waals surface area contributed by atoms with Gasteiger partial charge in [-0.1, -0.05) is 12.1 Å². The van der Waals surface area contributed by atoms with Crippen LogP contribution < -0.4 is 10.6 Å². The van der Waals surface area contributed by atoms with Crippen LogP contribution in [0.15, 0.2) is 29.0 Å². The topological polar surface area (TPSA) is 49.8 Å². The van der Waals surface area contributed by atoms with Gasteiger partial charge < -0.3 is 10.6 Å². The van der Waals surface area contributed by atoms with Crippen LogP contribution >= 0.6 is 15.9 Å². The van der Waals surface area contributed by atoms with Crippen LogP contribution in [-0.2, 0) is 0 Å². The Bertz CT molecular complexity index is 618. The fraction of sp³-hybridized carbons (Fsp3) is 0.286. The van der Waals surface area contributed by atoms with Gasteiger partial charge in [-0.3, -0.25) is 0 Å². The third-order valence-corrected chi connectivity index (χ3v) is 3.83. The van der Waals surface area contributed by atoms with E-state index in [0.29, 0.717) is 17.2 Å². The minimum absolute atomic E-state index is 0.0685. The van der Waals surface area contributed by atoms with Crippen molar-refractivity contribution in [3.63, 3.8) is 0 Å². The lowest BCUT2D eigenvalue weighted by molar-refractivity contribution is 0.614. The number of benzene rings is 1. The largest absolute Gasteiger partial charge is 0.372 e. The summed E-state index contributed by atoms with van der Waals surface area (Å²) in [5, 5.41) is 6.21. The van der Waals surface area contributed by atoms with E-state index in [9.17, 15) is 4.39 Å². The van der Waals surface area contributed by atoms with E-state index >= 15 is 0 Å². The van der Waals surface area contributed by atoms with Crippen molar-refractivity contribution >= 4 is 27.6 Å². The zero-order valence-corrected chi connectivity index (χ0v) is 13.1. The molecule has 6 heteroatoms. The molecule has 4 nitrogen and oxygen atoms in total. The lowest BCUT2D eigenvalue weighted by atomic mass is 10.1. The number of hydrogen-bond acceptors (Lipinski definition) is 4. The van der Waals surface area contributed by atoms with E-state index in [-0.39, 0.29) is 11.9 Å². The number of halogens is 2. The number of nitrogens with zero attached hydrogens (tertiary/aromatic N) is 2. The van der Waals surface area contributed by atoms with Gasteiger partial charge in [-0.2, -0.15) is 0 Å². The first-order valence-corrected chi connectivity index (χ1v) is 7.03. The summed E-state index contributed by atoms with van der Waals surface area (Å²) in [6.45, 7) is 3.70. The van der Waals surface area contributed by atoms with Crippen LogP contribution in [0.25, 0.3) is 0 Å². The summed E-state index contributed by atoms with van der Waals surface area (Å²) >= 11 is 3.44. The second-order valence-corrected chi connectivity index (χ2v) is 5.30. The Kier molecular flexibility index (Phi) is 4.54. The van der Waals surface area contributed by atoms with Gasteiger partial charge in [-0.15, -0.1) is 0 Å². The molecule has 0 aliphatic rings. The van der Waals surface area contributed by atoms with Crippen molar-refractivity contribution in [3.05, 3.63) is 45.9 Å². The normalized spacial score (nSPS) is 12.1. The lowest BCUT2D eigenvalue weighted by Crippen LogP contribution is -2.10. The van der Waals surface area contributed by atoms with E-state index in [4.69, 9.17) is 0 Å². The Labute approximate surface area is 126 Å². The molecule has 1 aromatic carbocycles. The molecule has 0 aliphatic heterocycles. The molecule has 2 aromatic rings. The molecule has 106 valence electrons. The van der Waals surface area contributed by atoms with Crippen molar-refractivity contribution in [2.24, 2.45) is 0 Å². The summed E-state index contributed by atoms with van der Waals surface area (Å²) in [5.74, 6) is 1.16. The molecule has 1 atom stereocenters. The first-order valence-electron chi connectivity index (χ1n) is 6.23. The van der Waals surface area contributed by atoms with Gasteiger partial charge in [0.15, 0.2) is 0 Å². The van der Waals surface area contributed by atoms with Crippen molar-refractivity contribution in [1.82, 2.24) is 9.97 Å². The molecule has 0 spiro atoms. The fourth-order valence-electron chi connectivity index (χ4n) is 1.81. The number of nitrogens with one attached hydrogen (secondary N) is 2. The van der Waals surface area contributed by atoms with Gasteiger partial charge in [-0.25, -0.2) is 14.4 Å². The highest BCUT2D eigenvalue weighted by molar-refractivity contribution is 9.10. The zero-order chi connectivity index (χ0) is 14.7. The second kappa shape index (κ2) is 6.17. The van der Waals surface area contributed by atoms with E-state index in [1.54, 1.807) is 26.1 Å². The van der Waals surface area contributed by atoms with Gasteiger partial charge in [0.25, 0.3) is 0 Å². The SMILES string of the molecule is CNc1ncnc(NC(C)c2ccc(C)c(F)c2)c1Br. The number of anilines is 2. The van der Waals surface area contributed by atoms with Gasteiger partial charge in [0.2, 0.25) is 0 Å². The van der Waals surface area contributed by atoms with Gasteiger partial charge in [0.05, 0.1) is 6.04 Å². The highest BCUT2D eigenvalue weighted by atomic mass is 79.9. The van der Waals surface area contributed by atoms with Crippen LogP contribution in [0.5, 0.6) is 0 Å². The average molecular weight is 339 g/mol. The van der Waals surface area contributed by atoms with Crippen molar-refractivity contribution in [3.8, 4) is 0 Å². The standard InChI is InChI=1S/C14H16BrFN4/c1-8-4-5-10(6-11(8)16)9(2)20-14-12(15)13(17-3)18-7-19-14/h4-7,9H,1-3H3,(H2,17,18,19,20). The van der Waals surface area contributed by atoms with Crippen LogP contribution in [0.4, 0.5) is 16.0 Å². The molecule has 20 heavy (non-hydrogen) atoms. The molecule has 2 rings (SSSR count). The second-order valence-electron chi connectivity index (χ2n) is 4.51. The molecule has 1 heterocycles. The Morgan fingerprint density at radius 3 is 2.60 bits per heavy atom. The van der Waals surface area contributed by atoms with E-state index in [1.165, 1.54) is 6.33 Å². The first kappa shape index (κ1) is 14.7.